The molecule has 216 valence electrons. The molecule has 2 aliphatic heterocycles. The highest BCUT2D eigenvalue weighted by Crippen LogP contribution is 2.36. The van der Waals surface area contributed by atoms with Crippen LogP contribution in [-0.4, -0.2) is 51.9 Å². The maximum Gasteiger partial charge on any atom is 0.433 e. The molecular weight excluding hydrogens is 539 g/mol. The molecule has 41 heavy (non-hydrogen) atoms. The first-order valence-corrected chi connectivity index (χ1v) is 13.2. The summed E-state index contributed by atoms with van der Waals surface area (Å²) in [6, 6.07) is 14.1. The van der Waals surface area contributed by atoms with Crippen molar-refractivity contribution in [2.45, 2.75) is 57.4 Å². The Kier molecular flexibility index (Phi) is 7.26. The summed E-state index contributed by atoms with van der Waals surface area (Å²) in [4.78, 5) is 36.7. The quantitative estimate of drug-likeness (QED) is 0.373. The Morgan fingerprint density at radius 1 is 1.05 bits per heavy atom. The third-order valence-corrected chi connectivity index (χ3v) is 6.70. The van der Waals surface area contributed by atoms with Gasteiger partial charge >= 0.3 is 12.3 Å². The fraction of sp³-hybridized carbons (Fsp3) is 0.379. The molecule has 1 unspecified atom stereocenters. The van der Waals surface area contributed by atoms with Gasteiger partial charge in [-0.3, -0.25) is 4.79 Å². The van der Waals surface area contributed by atoms with E-state index < -0.39 is 35.1 Å². The number of hydrogen-bond acceptors (Lipinski definition) is 7. The zero-order chi connectivity index (χ0) is 29.4. The number of carbonyl (C=O) groups excluding carboxylic acids is 2. The first-order valence-electron chi connectivity index (χ1n) is 13.2. The molecule has 1 fully saturated rings. The SMILES string of the molecule is CC(C)(C)OC(=O)N1CCCC2(CC(C(=O)Nc3cccc(Nc4cc(C(F)(F)F)nc5ccccc45)c3)=NO2)C1. The summed E-state index contributed by atoms with van der Waals surface area (Å²) >= 11 is 0. The lowest BCUT2D eigenvalue weighted by molar-refractivity contribution is -0.140. The van der Waals surface area contributed by atoms with E-state index in [9.17, 15) is 22.8 Å². The lowest BCUT2D eigenvalue weighted by Crippen LogP contribution is -2.51. The van der Waals surface area contributed by atoms with Crippen LogP contribution in [0.4, 0.5) is 35.0 Å². The van der Waals surface area contributed by atoms with E-state index >= 15 is 0 Å². The number of nitrogens with one attached hydrogen (secondary N) is 2. The van der Waals surface area contributed by atoms with Gasteiger partial charge in [0.05, 0.1) is 17.7 Å². The minimum atomic E-state index is -4.61. The van der Waals surface area contributed by atoms with Crippen LogP contribution in [0.5, 0.6) is 0 Å². The molecule has 1 atom stereocenters. The van der Waals surface area contributed by atoms with Crippen molar-refractivity contribution >= 4 is 45.7 Å². The molecule has 1 spiro atoms. The molecule has 2 aliphatic rings. The van der Waals surface area contributed by atoms with Gasteiger partial charge in [0.15, 0.2) is 5.60 Å². The predicted molar refractivity (Wildman–Crippen MR) is 148 cm³/mol. The van der Waals surface area contributed by atoms with Crippen LogP contribution in [0.2, 0.25) is 0 Å². The molecule has 12 heteroatoms. The monoisotopic (exact) mass is 569 g/mol. The molecule has 0 radical (unpaired) electrons. The highest BCUT2D eigenvalue weighted by atomic mass is 19.4. The molecule has 3 heterocycles. The van der Waals surface area contributed by atoms with Crippen LogP contribution in [0.3, 0.4) is 0 Å². The molecule has 0 saturated carbocycles. The Labute approximate surface area is 234 Å². The predicted octanol–water partition coefficient (Wildman–Crippen LogP) is 6.48. The van der Waals surface area contributed by atoms with E-state index in [2.05, 4.69) is 20.8 Å². The van der Waals surface area contributed by atoms with Crippen LogP contribution < -0.4 is 10.6 Å². The number of rotatable bonds is 4. The number of pyridine rings is 1. The molecule has 2 aromatic carbocycles. The molecule has 2 amide bonds. The second-order valence-corrected chi connectivity index (χ2v) is 11.2. The average molecular weight is 570 g/mol. The number of amides is 2. The Bertz CT molecular complexity index is 1520. The average Bonchev–Trinajstić information content (AvgIpc) is 3.30. The van der Waals surface area contributed by atoms with Crippen LogP contribution in [0.15, 0.2) is 59.8 Å². The summed E-state index contributed by atoms with van der Waals surface area (Å²) in [5, 5.41) is 10.4. The van der Waals surface area contributed by atoms with Crippen LogP contribution in [-0.2, 0) is 20.5 Å². The maximum atomic E-state index is 13.5. The topological polar surface area (TPSA) is 105 Å². The van der Waals surface area contributed by atoms with Gasteiger partial charge in [0, 0.05) is 29.7 Å². The summed E-state index contributed by atoms with van der Waals surface area (Å²) < 4.78 is 45.9. The number of fused-ring (bicyclic) bond motifs is 1. The summed E-state index contributed by atoms with van der Waals surface area (Å²) in [5.41, 5.74) is -0.943. The minimum absolute atomic E-state index is 0.185. The normalized spacial score (nSPS) is 19.1. The van der Waals surface area contributed by atoms with E-state index in [1.807, 2.05) is 0 Å². The highest BCUT2D eigenvalue weighted by molar-refractivity contribution is 6.43. The fourth-order valence-electron chi connectivity index (χ4n) is 4.90. The highest BCUT2D eigenvalue weighted by Gasteiger charge is 2.46. The van der Waals surface area contributed by atoms with Gasteiger partial charge in [-0.25, -0.2) is 9.78 Å². The van der Waals surface area contributed by atoms with E-state index in [-0.39, 0.29) is 29.9 Å². The van der Waals surface area contributed by atoms with Gasteiger partial charge < -0.3 is 25.1 Å². The smallest absolute Gasteiger partial charge is 0.433 e. The Morgan fingerprint density at radius 3 is 2.56 bits per heavy atom. The van der Waals surface area contributed by atoms with Crippen molar-refractivity contribution < 1.29 is 32.3 Å². The number of nitrogens with zero attached hydrogens (tertiary/aromatic N) is 3. The fourth-order valence-corrected chi connectivity index (χ4v) is 4.90. The van der Waals surface area contributed by atoms with E-state index in [1.165, 1.54) is 6.07 Å². The first kappa shape index (κ1) is 28.2. The van der Waals surface area contributed by atoms with Gasteiger partial charge in [0.2, 0.25) is 0 Å². The van der Waals surface area contributed by atoms with Crippen molar-refractivity contribution in [3.8, 4) is 0 Å². The molecule has 2 N–H and O–H groups in total. The van der Waals surface area contributed by atoms with Gasteiger partial charge in [-0.15, -0.1) is 0 Å². The zero-order valence-electron chi connectivity index (χ0n) is 22.8. The molecule has 0 aliphatic carbocycles. The number of carbonyl (C=O) groups is 2. The summed E-state index contributed by atoms with van der Waals surface area (Å²) in [6.07, 6.45) is -3.52. The van der Waals surface area contributed by atoms with Crippen molar-refractivity contribution in [3.05, 3.63) is 60.3 Å². The Morgan fingerprint density at radius 2 is 1.80 bits per heavy atom. The molecule has 3 aromatic rings. The molecule has 5 rings (SSSR count). The number of halogens is 3. The number of ether oxygens (including phenoxy) is 1. The third kappa shape index (κ3) is 6.53. The van der Waals surface area contributed by atoms with Crippen molar-refractivity contribution in [1.82, 2.24) is 9.88 Å². The van der Waals surface area contributed by atoms with Gasteiger partial charge in [-0.05, 0) is 63.9 Å². The second kappa shape index (κ2) is 10.6. The second-order valence-electron chi connectivity index (χ2n) is 11.2. The van der Waals surface area contributed by atoms with Gasteiger partial charge in [0.25, 0.3) is 5.91 Å². The summed E-state index contributed by atoms with van der Waals surface area (Å²) in [6.45, 7) is 6.17. The molecule has 1 saturated heterocycles. The van der Waals surface area contributed by atoms with E-state index in [0.29, 0.717) is 36.1 Å². The summed E-state index contributed by atoms with van der Waals surface area (Å²) in [7, 11) is 0. The summed E-state index contributed by atoms with van der Waals surface area (Å²) in [5.74, 6) is -0.470. The maximum absolute atomic E-state index is 13.5. The number of benzene rings is 2. The number of oxime groups is 1. The van der Waals surface area contributed by atoms with Gasteiger partial charge in [-0.2, -0.15) is 13.2 Å². The lowest BCUT2D eigenvalue weighted by atomic mass is 9.88. The number of piperidine rings is 1. The number of likely N-dealkylation sites (tertiary alicyclic amines) is 1. The molecule has 9 nitrogen and oxygen atoms in total. The number of anilines is 3. The van der Waals surface area contributed by atoms with Gasteiger partial charge in [-0.1, -0.05) is 29.4 Å². The van der Waals surface area contributed by atoms with Crippen LogP contribution >= 0.6 is 0 Å². The molecule has 0 bridgehead atoms. The van der Waals surface area contributed by atoms with Crippen LogP contribution in [0.25, 0.3) is 10.9 Å². The van der Waals surface area contributed by atoms with E-state index in [4.69, 9.17) is 9.57 Å². The number of hydrogen-bond donors (Lipinski definition) is 2. The lowest BCUT2D eigenvalue weighted by Gasteiger charge is -2.38. The molecule has 1 aromatic heterocycles. The molecular formula is C29H30F3N5O4. The van der Waals surface area contributed by atoms with Gasteiger partial charge in [0.1, 0.15) is 17.0 Å². The van der Waals surface area contributed by atoms with Crippen molar-refractivity contribution in [1.29, 1.82) is 0 Å². The Hall–Kier alpha value is -4.35. The number of alkyl halides is 3. The largest absolute Gasteiger partial charge is 0.444 e. The van der Waals surface area contributed by atoms with Crippen molar-refractivity contribution in [2.24, 2.45) is 5.16 Å². The van der Waals surface area contributed by atoms with Crippen LogP contribution in [0, 0.1) is 0 Å². The van der Waals surface area contributed by atoms with Crippen LogP contribution in [0.1, 0.15) is 45.7 Å². The van der Waals surface area contributed by atoms with Crippen molar-refractivity contribution in [3.63, 3.8) is 0 Å². The standard InChI is InChI=1S/C29H30F3N5O4/c1-27(2,3)40-26(39)37-13-7-12-28(17-37)16-23(36-41-28)25(38)34-19-9-6-8-18(14-19)33-22-15-24(29(30,31)32)35-21-11-5-4-10-20(21)22/h4-6,8-11,14-15H,7,12-13,16-17H2,1-3H3,(H,33,35)(H,34,38). The first-order chi connectivity index (χ1) is 19.3. The Balaban J connectivity index is 1.27. The van der Waals surface area contributed by atoms with E-state index in [0.717, 1.165) is 6.07 Å². The zero-order valence-corrected chi connectivity index (χ0v) is 22.8. The van der Waals surface area contributed by atoms with E-state index in [1.54, 1.807) is 68.1 Å². The third-order valence-electron chi connectivity index (χ3n) is 6.70. The minimum Gasteiger partial charge on any atom is -0.444 e. The number of para-hydroxylation sites is 1. The number of aromatic nitrogens is 1. The van der Waals surface area contributed by atoms with Crippen molar-refractivity contribution in [2.75, 3.05) is 23.7 Å².